The Hall–Kier alpha value is -2.87. The molecule has 1 aromatic heterocycles. The van der Waals surface area contributed by atoms with Gasteiger partial charge in [0.2, 0.25) is 5.91 Å². The Labute approximate surface area is 179 Å². The first-order chi connectivity index (χ1) is 14.5. The van der Waals surface area contributed by atoms with Gasteiger partial charge < -0.3 is 14.6 Å². The number of nitrogens with one attached hydrogen (secondary N) is 1. The van der Waals surface area contributed by atoms with E-state index in [-0.39, 0.29) is 24.0 Å². The molecule has 158 valence electrons. The van der Waals surface area contributed by atoms with Gasteiger partial charge in [-0.2, -0.15) is 0 Å². The number of hydrogen-bond donors (Lipinski definition) is 1. The summed E-state index contributed by atoms with van der Waals surface area (Å²) in [5.74, 6) is 1.25. The highest BCUT2D eigenvalue weighted by atomic mass is 32.2. The van der Waals surface area contributed by atoms with Crippen molar-refractivity contribution in [2.75, 3.05) is 11.1 Å². The summed E-state index contributed by atoms with van der Waals surface area (Å²) in [4.78, 5) is 12.1. The second-order valence-corrected chi connectivity index (χ2v) is 7.91. The van der Waals surface area contributed by atoms with E-state index in [9.17, 15) is 9.18 Å². The highest BCUT2D eigenvalue weighted by molar-refractivity contribution is 7.99. The standard InChI is InChI=1S/C22H25FN4O2S/c1-4-27-20(13-29-17-11-9-16(10-12-17)15(2)3)25-26-22(27)30-14-21(28)24-19-8-6-5-7-18(19)23/h5-12,15H,4,13-14H2,1-3H3,(H,24,28). The summed E-state index contributed by atoms with van der Waals surface area (Å²) >= 11 is 1.25. The predicted molar refractivity (Wildman–Crippen MR) is 116 cm³/mol. The van der Waals surface area contributed by atoms with Gasteiger partial charge in [0.15, 0.2) is 11.0 Å². The fourth-order valence-corrected chi connectivity index (χ4v) is 3.65. The Morgan fingerprint density at radius 2 is 1.90 bits per heavy atom. The van der Waals surface area contributed by atoms with E-state index in [0.29, 0.717) is 23.4 Å². The third-order valence-electron chi connectivity index (χ3n) is 4.50. The quantitative estimate of drug-likeness (QED) is 0.493. The van der Waals surface area contributed by atoms with E-state index in [1.54, 1.807) is 12.1 Å². The van der Waals surface area contributed by atoms with Crippen LogP contribution in [0.2, 0.25) is 0 Å². The summed E-state index contributed by atoms with van der Waals surface area (Å²) in [7, 11) is 0. The van der Waals surface area contributed by atoms with Crippen molar-refractivity contribution in [3.8, 4) is 5.75 Å². The van der Waals surface area contributed by atoms with Gasteiger partial charge in [-0.25, -0.2) is 4.39 Å². The number of nitrogens with zero attached hydrogens (tertiary/aromatic N) is 3. The minimum absolute atomic E-state index is 0.101. The molecule has 1 N–H and O–H groups in total. The monoisotopic (exact) mass is 428 g/mol. The van der Waals surface area contributed by atoms with Crippen LogP contribution < -0.4 is 10.1 Å². The fraction of sp³-hybridized carbons (Fsp3) is 0.318. The molecular weight excluding hydrogens is 403 g/mol. The van der Waals surface area contributed by atoms with Crippen molar-refractivity contribution in [3.05, 3.63) is 65.7 Å². The first-order valence-electron chi connectivity index (χ1n) is 9.80. The summed E-state index contributed by atoms with van der Waals surface area (Å²) < 4.78 is 21.4. The van der Waals surface area contributed by atoms with Crippen molar-refractivity contribution in [2.24, 2.45) is 0 Å². The highest BCUT2D eigenvalue weighted by Crippen LogP contribution is 2.21. The summed E-state index contributed by atoms with van der Waals surface area (Å²) in [6.07, 6.45) is 0. The molecule has 0 fully saturated rings. The zero-order chi connectivity index (χ0) is 21.5. The molecule has 3 aromatic rings. The first-order valence-corrected chi connectivity index (χ1v) is 10.8. The van der Waals surface area contributed by atoms with Crippen LogP contribution >= 0.6 is 11.8 Å². The molecule has 0 atom stereocenters. The summed E-state index contributed by atoms with van der Waals surface area (Å²) in [5.41, 5.74) is 1.42. The van der Waals surface area contributed by atoms with Gasteiger partial charge in [0.05, 0.1) is 11.4 Å². The largest absolute Gasteiger partial charge is 0.486 e. The molecule has 0 radical (unpaired) electrons. The molecule has 0 aliphatic carbocycles. The molecule has 0 bridgehead atoms. The number of para-hydroxylation sites is 1. The molecule has 3 rings (SSSR count). The van der Waals surface area contributed by atoms with Crippen LogP contribution in [0.1, 0.15) is 38.1 Å². The van der Waals surface area contributed by atoms with Gasteiger partial charge in [0.25, 0.3) is 0 Å². The average molecular weight is 429 g/mol. The number of carbonyl (C=O) groups is 1. The van der Waals surface area contributed by atoms with Gasteiger partial charge >= 0.3 is 0 Å². The molecule has 0 unspecified atom stereocenters. The fourth-order valence-electron chi connectivity index (χ4n) is 2.83. The van der Waals surface area contributed by atoms with Crippen molar-refractivity contribution in [1.29, 1.82) is 0 Å². The van der Waals surface area contributed by atoms with Gasteiger partial charge in [-0.15, -0.1) is 10.2 Å². The van der Waals surface area contributed by atoms with Gasteiger partial charge in [0.1, 0.15) is 18.2 Å². The number of ether oxygens (including phenoxy) is 1. The summed E-state index contributed by atoms with van der Waals surface area (Å²) in [6.45, 7) is 7.21. The molecule has 0 aliphatic heterocycles. The van der Waals surface area contributed by atoms with Crippen LogP contribution in [-0.4, -0.2) is 26.4 Å². The van der Waals surface area contributed by atoms with Crippen LogP contribution in [-0.2, 0) is 17.9 Å². The Balaban J connectivity index is 1.57. The van der Waals surface area contributed by atoms with E-state index < -0.39 is 5.82 Å². The maximum absolute atomic E-state index is 13.7. The van der Waals surface area contributed by atoms with Crippen molar-refractivity contribution in [3.63, 3.8) is 0 Å². The predicted octanol–water partition coefficient (Wildman–Crippen LogP) is 4.87. The average Bonchev–Trinajstić information content (AvgIpc) is 3.14. The zero-order valence-electron chi connectivity index (χ0n) is 17.3. The topological polar surface area (TPSA) is 69.0 Å². The number of halogens is 1. The molecule has 6 nitrogen and oxygen atoms in total. The second-order valence-electron chi connectivity index (χ2n) is 6.97. The summed E-state index contributed by atoms with van der Waals surface area (Å²) in [6, 6.07) is 14.1. The van der Waals surface area contributed by atoms with E-state index in [1.807, 2.05) is 23.6 Å². The molecule has 2 aromatic carbocycles. The van der Waals surface area contributed by atoms with Crippen LogP contribution in [0.25, 0.3) is 0 Å². The lowest BCUT2D eigenvalue weighted by atomic mass is 10.0. The number of aromatic nitrogens is 3. The molecular formula is C22H25FN4O2S. The van der Waals surface area contributed by atoms with Gasteiger partial charge in [-0.05, 0) is 42.7 Å². The Morgan fingerprint density at radius 3 is 2.57 bits per heavy atom. The lowest BCUT2D eigenvalue weighted by molar-refractivity contribution is -0.113. The number of benzene rings is 2. The lowest BCUT2D eigenvalue weighted by Gasteiger charge is -2.10. The first kappa shape index (κ1) is 21.8. The lowest BCUT2D eigenvalue weighted by Crippen LogP contribution is -2.15. The van der Waals surface area contributed by atoms with E-state index in [2.05, 4.69) is 41.5 Å². The van der Waals surface area contributed by atoms with Gasteiger partial charge in [0, 0.05) is 6.54 Å². The Bertz CT molecular complexity index is 989. The van der Waals surface area contributed by atoms with Crippen LogP contribution in [0.15, 0.2) is 53.7 Å². The number of carbonyl (C=O) groups excluding carboxylic acids is 1. The van der Waals surface area contributed by atoms with Crippen LogP contribution in [0, 0.1) is 5.82 Å². The molecule has 0 saturated carbocycles. The Kier molecular flexibility index (Phi) is 7.46. The van der Waals surface area contributed by atoms with Crippen LogP contribution in [0.4, 0.5) is 10.1 Å². The highest BCUT2D eigenvalue weighted by Gasteiger charge is 2.14. The van der Waals surface area contributed by atoms with E-state index in [1.165, 1.54) is 29.5 Å². The maximum Gasteiger partial charge on any atom is 0.234 e. The van der Waals surface area contributed by atoms with Crippen molar-refractivity contribution >= 4 is 23.4 Å². The van der Waals surface area contributed by atoms with Crippen molar-refractivity contribution in [2.45, 2.75) is 45.0 Å². The number of anilines is 1. The van der Waals surface area contributed by atoms with E-state index in [0.717, 1.165) is 5.75 Å². The number of amides is 1. The molecule has 0 saturated heterocycles. The molecule has 1 heterocycles. The third-order valence-corrected chi connectivity index (χ3v) is 5.47. The van der Waals surface area contributed by atoms with Crippen LogP contribution in [0.3, 0.4) is 0 Å². The van der Waals surface area contributed by atoms with Gasteiger partial charge in [-0.1, -0.05) is 49.9 Å². The Morgan fingerprint density at radius 1 is 1.17 bits per heavy atom. The molecule has 0 spiro atoms. The normalized spacial score (nSPS) is 11.0. The SMILES string of the molecule is CCn1c(COc2ccc(C(C)C)cc2)nnc1SCC(=O)Nc1ccccc1F. The summed E-state index contributed by atoms with van der Waals surface area (Å²) in [5, 5.41) is 11.6. The van der Waals surface area contributed by atoms with Crippen molar-refractivity contribution in [1.82, 2.24) is 14.8 Å². The maximum atomic E-state index is 13.7. The van der Waals surface area contributed by atoms with Gasteiger partial charge in [-0.3, -0.25) is 4.79 Å². The van der Waals surface area contributed by atoms with Crippen LogP contribution in [0.5, 0.6) is 5.75 Å². The molecule has 1 amide bonds. The minimum Gasteiger partial charge on any atom is -0.486 e. The zero-order valence-corrected chi connectivity index (χ0v) is 18.1. The van der Waals surface area contributed by atoms with E-state index in [4.69, 9.17) is 4.74 Å². The molecule has 8 heteroatoms. The number of thioether (sulfide) groups is 1. The number of hydrogen-bond acceptors (Lipinski definition) is 5. The molecule has 30 heavy (non-hydrogen) atoms. The number of rotatable bonds is 9. The molecule has 0 aliphatic rings. The van der Waals surface area contributed by atoms with Crippen molar-refractivity contribution < 1.29 is 13.9 Å². The minimum atomic E-state index is -0.464. The van der Waals surface area contributed by atoms with E-state index >= 15 is 0 Å². The third kappa shape index (κ3) is 5.60. The smallest absolute Gasteiger partial charge is 0.234 e. The second kappa shape index (κ2) is 10.2.